The summed E-state index contributed by atoms with van der Waals surface area (Å²) in [5.41, 5.74) is 2.44. The maximum atomic E-state index is 12.7. The molecule has 1 aliphatic heterocycles. The highest BCUT2D eigenvalue weighted by Gasteiger charge is 2.26. The summed E-state index contributed by atoms with van der Waals surface area (Å²) in [4.78, 5) is 14.6. The van der Waals surface area contributed by atoms with E-state index in [4.69, 9.17) is 9.15 Å². The first-order valence-corrected chi connectivity index (χ1v) is 9.30. The molecule has 0 unspecified atom stereocenters. The Balaban J connectivity index is 1.60. The highest BCUT2D eigenvalue weighted by Crippen LogP contribution is 2.21. The fourth-order valence-electron chi connectivity index (χ4n) is 3.35. The number of ether oxygens (including phenoxy) is 1. The summed E-state index contributed by atoms with van der Waals surface area (Å²) in [7, 11) is 1.61. The Hall–Kier alpha value is -2.27. The van der Waals surface area contributed by atoms with E-state index >= 15 is 0 Å². The number of hydrogen-bond acceptors (Lipinski definition) is 4. The third-order valence-electron chi connectivity index (χ3n) is 4.82. The summed E-state index contributed by atoms with van der Waals surface area (Å²) in [6.07, 6.45) is 2.04. The van der Waals surface area contributed by atoms with Crippen LogP contribution in [0.5, 0.6) is 0 Å². The second-order valence-corrected chi connectivity index (χ2v) is 7.21. The number of anilines is 1. The van der Waals surface area contributed by atoms with Crippen LogP contribution in [0.15, 0.2) is 40.8 Å². The number of piperidine rings is 1. The Morgan fingerprint density at radius 3 is 2.73 bits per heavy atom. The molecule has 1 amide bonds. The molecular weight excluding hydrogens is 328 g/mol. The van der Waals surface area contributed by atoms with E-state index in [9.17, 15) is 4.79 Å². The number of likely N-dealkylation sites (tertiary alicyclic amines) is 1. The average Bonchev–Trinajstić information content (AvgIpc) is 3.11. The first kappa shape index (κ1) is 18.5. The van der Waals surface area contributed by atoms with E-state index in [0.717, 1.165) is 25.1 Å². The normalized spacial score (nSPS) is 17.5. The third kappa shape index (κ3) is 4.47. The number of benzene rings is 1. The van der Waals surface area contributed by atoms with Crippen molar-refractivity contribution in [2.24, 2.45) is 0 Å². The Bertz CT molecular complexity index is 721. The lowest BCUT2D eigenvalue weighted by Crippen LogP contribution is -2.45. The van der Waals surface area contributed by atoms with Gasteiger partial charge in [-0.15, -0.1) is 0 Å². The number of furan rings is 1. The summed E-state index contributed by atoms with van der Waals surface area (Å²) < 4.78 is 10.6. The minimum atomic E-state index is -0.0472. The van der Waals surface area contributed by atoms with Crippen LogP contribution >= 0.6 is 0 Å². The second kappa shape index (κ2) is 8.41. The summed E-state index contributed by atoms with van der Waals surface area (Å²) >= 11 is 0. The summed E-state index contributed by atoms with van der Waals surface area (Å²) in [6.45, 7) is 6.22. The number of carbonyl (C=O) groups excluding carboxylic acids is 1. The van der Waals surface area contributed by atoms with Crippen LogP contribution in [0, 0.1) is 0 Å². The number of nitrogens with one attached hydrogen (secondary N) is 1. The van der Waals surface area contributed by atoms with Gasteiger partial charge in [0.1, 0.15) is 12.4 Å². The number of methoxy groups -OCH3 is 1. The van der Waals surface area contributed by atoms with Gasteiger partial charge in [0.15, 0.2) is 5.76 Å². The minimum Gasteiger partial charge on any atom is -0.453 e. The Kier molecular flexibility index (Phi) is 5.99. The molecular formula is C21H28N2O3. The number of amides is 1. The molecule has 0 spiro atoms. The Morgan fingerprint density at radius 2 is 2.04 bits per heavy atom. The molecule has 1 aromatic carbocycles. The fraction of sp³-hybridized carbons (Fsp3) is 0.476. The zero-order valence-corrected chi connectivity index (χ0v) is 15.8. The summed E-state index contributed by atoms with van der Waals surface area (Å²) in [5.74, 6) is 1.55. The van der Waals surface area contributed by atoms with Crippen molar-refractivity contribution in [2.45, 2.75) is 45.3 Å². The van der Waals surface area contributed by atoms with Crippen LogP contribution in [0.25, 0.3) is 0 Å². The molecule has 1 atom stereocenters. The van der Waals surface area contributed by atoms with Gasteiger partial charge in [-0.05, 0) is 48.6 Å². The average molecular weight is 356 g/mol. The molecule has 5 nitrogen and oxygen atoms in total. The monoisotopic (exact) mass is 356 g/mol. The largest absolute Gasteiger partial charge is 0.453 e. The fourth-order valence-corrected chi connectivity index (χ4v) is 3.35. The molecule has 1 aliphatic rings. The van der Waals surface area contributed by atoms with Gasteiger partial charge in [-0.1, -0.05) is 26.0 Å². The van der Waals surface area contributed by atoms with Crippen molar-refractivity contribution in [1.29, 1.82) is 0 Å². The molecule has 0 saturated carbocycles. The molecule has 0 radical (unpaired) electrons. The van der Waals surface area contributed by atoms with Crippen molar-refractivity contribution in [3.63, 3.8) is 0 Å². The number of nitrogens with zero attached hydrogens (tertiary/aromatic N) is 1. The van der Waals surface area contributed by atoms with Crippen LogP contribution in [0.3, 0.4) is 0 Å². The minimum absolute atomic E-state index is 0.0472. The first-order valence-electron chi connectivity index (χ1n) is 9.30. The molecule has 3 rings (SSSR count). The first-order chi connectivity index (χ1) is 12.6. The van der Waals surface area contributed by atoms with Crippen LogP contribution in [-0.4, -0.2) is 37.0 Å². The van der Waals surface area contributed by atoms with E-state index in [-0.39, 0.29) is 11.9 Å². The van der Waals surface area contributed by atoms with Crippen LogP contribution in [0.4, 0.5) is 5.69 Å². The van der Waals surface area contributed by atoms with Crippen molar-refractivity contribution < 1.29 is 13.9 Å². The van der Waals surface area contributed by atoms with Crippen molar-refractivity contribution >= 4 is 11.6 Å². The highest BCUT2D eigenvalue weighted by molar-refractivity contribution is 5.91. The van der Waals surface area contributed by atoms with Crippen molar-refractivity contribution in [2.75, 3.05) is 25.5 Å². The third-order valence-corrected chi connectivity index (χ3v) is 4.82. The SMILES string of the molecule is COCc1ccc(C(=O)N2CCC[C@H](Nc3ccc(C(C)C)cc3)C2)o1. The predicted octanol–water partition coefficient (Wildman–Crippen LogP) is 4.27. The number of rotatable bonds is 6. The Morgan fingerprint density at radius 1 is 1.27 bits per heavy atom. The van der Waals surface area contributed by atoms with Crippen LogP contribution in [0.2, 0.25) is 0 Å². The topological polar surface area (TPSA) is 54.7 Å². The molecule has 26 heavy (non-hydrogen) atoms. The molecule has 1 aromatic heterocycles. The molecule has 1 fully saturated rings. The standard InChI is InChI=1S/C21H28N2O3/c1-15(2)16-6-8-17(9-7-16)22-18-5-4-12-23(13-18)21(24)20-11-10-19(26-20)14-25-3/h6-11,15,18,22H,4-5,12-14H2,1-3H3/t18-/m0/s1. The van der Waals surface area contributed by atoms with Crippen LogP contribution in [0.1, 0.15) is 54.5 Å². The van der Waals surface area contributed by atoms with Crippen molar-refractivity contribution in [3.05, 3.63) is 53.5 Å². The maximum Gasteiger partial charge on any atom is 0.289 e. The molecule has 1 N–H and O–H groups in total. The Labute approximate surface area is 155 Å². The summed E-state index contributed by atoms with van der Waals surface area (Å²) in [5, 5.41) is 3.56. The van der Waals surface area contributed by atoms with Gasteiger partial charge in [-0.3, -0.25) is 4.79 Å². The van der Waals surface area contributed by atoms with Gasteiger partial charge < -0.3 is 19.4 Å². The second-order valence-electron chi connectivity index (χ2n) is 7.21. The van der Waals surface area contributed by atoms with Gasteiger partial charge in [0.25, 0.3) is 5.91 Å². The summed E-state index contributed by atoms with van der Waals surface area (Å²) in [6, 6.07) is 12.4. The van der Waals surface area contributed by atoms with Gasteiger partial charge in [0.05, 0.1) is 0 Å². The molecule has 0 aliphatic carbocycles. The predicted molar refractivity (Wildman–Crippen MR) is 103 cm³/mol. The van der Waals surface area contributed by atoms with Crippen LogP contribution in [-0.2, 0) is 11.3 Å². The quantitative estimate of drug-likeness (QED) is 0.840. The molecule has 1 saturated heterocycles. The highest BCUT2D eigenvalue weighted by atomic mass is 16.5. The van der Waals surface area contributed by atoms with E-state index < -0.39 is 0 Å². The van der Waals surface area contributed by atoms with Gasteiger partial charge in [0, 0.05) is 31.9 Å². The van der Waals surface area contributed by atoms with Crippen molar-refractivity contribution in [3.8, 4) is 0 Å². The van der Waals surface area contributed by atoms with Gasteiger partial charge in [-0.2, -0.15) is 0 Å². The van der Waals surface area contributed by atoms with E-state index in [1.165, 1.54) is 5.56 Å². The van der Waals surface area contributed by atoms with Gasteiger partial charge in [0.2, 0.25) is 0 Å². The van der Waals surface area contributed by atoms with E-state index in [1.54, 1.807) is 19.2 Å². The smallest absolute Gasteiger partial charge is 0.289 e. The zero-order chi connectivity index (χ0) is 18.5. The number of hydrogen-bond donors (Lipinski definition) is 1. The molecule has 5 heteroatoms. The molecule has 2 heterocycles. The van der Waals surface area contributed by atoms with Crippen LogP contribution < -0.4 is 5.32 Å². The van der Waals surface area contributed by atoms with Gasteiger partial charge in [-0.25, -0.2) is 0 Å². The molecule has 0 bridgehead atoms. The van der Waals surface area contributed by atoms with E-state index in [0.29, 0.717) is 30.6 Å². The van der Waals surface area contributed by atoms with E-state index in [2.05, 4.69) is 43.4 Å². The van der Waals surface area contributed by atoms with E-state index in [1.807, 2.05) is 4.90 Å². The zero-order valence-electron chi connectivity index (χ0n) is 15.8. The molecule has 140 valence electrons. The lowest BCUT2D eigenvalue weighted by molar-refractivity contribution is 0.0675. The molecule has 2 aromatic rings. The maximum absolute atomic E-state index is 12.7. The lowest BCUT2D eigenvalue weighted by Gasteiger charge is -2.33. The lowest BCUT2D eigenvalue weighted by atomic mass is 10.0. The number of carbonyl (C=O) groups is 1. The van der Waals surface area contributed by atoms with Crippen molar-refractivity contribution in [1.82, 2.24) is 4.90 Å². The van der Waals surface area contributed by atoms with Gasteiger partial charge >= 0.3 is 0 Å².